The first-order valence-corrected chi connectivity index (χ1v) is 9.85. The zero-order valence-corrected chi connectivity index (χ0v) is 14.8. The number of ether oxygens (including phenoxy) is 1. The Hall–Kier alpha value is -2.29. The molecule has 1 saturated heterocycles. The fourth-order valence-electron chi connectivity index (χ4n) is 2.58. The quantitative estimate of drug-likeness (QED) is 0.722. The monoisotopic (exact) mass is 370 g/mol. The number of amides is 2. The number of nitrogens with zero attached hydrogens (tertiary/aromatic N) is 1. The van der Waals surface area contributed by atoms with Crippen LogP contribution in [0.25, 0.3) is 0 Å². The summed E-state index contributed by atoms with van der Waals surface area (Å²) in [7, 11) is -3.24. The second-order valence-electron chi connectivity index (χ2n) is 5.95. The first-order valence-electron chi connectivity index (χ1n) is 7.96. The van der Waals surface area contributed by atoms with E-state index in [1.54, 1.807) is 12.1 Å². The first-order chi connectivity index (χ1) is 11.8. The number of benzene rings is 1. The number of urea groups is 1. The Morgan fingerprint density at radius 2 is 2.00 bits per heavy atom. The van der Waals surface area contributed by atoms with Crippen molar-refractivity contribution in [3.8, 4) is 5.75 Å². The highest BCUT2D eigenvalue weighted by atomic mass is 32.2. The molecule has 8 nitrogen and oxygen atoms in total. The highest BCUT2D eigenvalue weighted by Gasteiger charge is 2.27. The molecular weight excluding hydrogens is 348 g/mol. The molecule has 1 fully saturated rings. The van der Waals surface area contributed by atoms with Crippen molar-refractivity contribution in [2.24, 2.45) is 5.92 Å². The summed E-state index contributed by atoms with van der Waals surface area (Å²) in [6.07, 6.45) is 2.40. The third-order valence-corrected chi connectivity index (χ3v) is 5.09. The number of carboxylic acid groups (broad SMARTS) is 1. The van der Waals surface area contributed by atoms with Crippen molar-refractivity contribution in [1.82, 2.24) is 10.2 Å². The molecule has 1 aliphatic rings. The number of piperidine rings is 1. The molecule has 2 amide bonds. The number of hydrogen-bond donors (Lipinski definition) is 2. The zero-order chi connectivity index (χ0) is 18.4. The van der Waals surface area contributed by atoms with Gasteiger partial charge in [0.15, 0.2) is 9.84 Å². The Kier molecular flexibility index (Phi) is 6.24. The summed E-state index contributed by atoms with van der Waals surface area (Å²) in [4.78, 5) is 24.8. The minimum absolute atomic E-state index is 0.214. The molecule has 1 aromatic rings. The lowest BCUT2D eigenvalue weighted by Crippen LogP contribution is -2.47. The van der Waals surface area contributed by atoms with Crippen molar-refractivity contribution in [2.75, 3.05) is 32.5 Å². The number of carbonyl (C=O) groups is 2. The normalized spacial score (nSPS) is 17.8. The minimum atomic E-state index is -3.24. The highest BCUT2D eigenvalue weighted by Crippen LogP contribution is 2.17. The molecule has 25 heavy (non-hydrogen) atoms. The second kappa shape index (κ2) is 8.19. The largest absolute Gasteiger partial charge is 0.492 e. The van der Waals surface area contributed by atoms with Gasteiger partial charge in [-0.05, 0) is 37.1 Å². The van der Waals surface area contributed by atoms with Crippen LogP contribution in [0.3, 0.4) is 0 Å². The van der Waals surface area contributed by atoms with Gasteiger partial charge < -0.3 is 20.1 Å². The summed E-state index contributed by atoms with van der Waals surface area (Å²) < 4.78 is 28.2. The Labute approximate surface area is 146 Å². The average Bonchev–Trinajstić information content (AvgIpc) is 2.58. The van der Waals surface area contributed by atoms with Crippen molar-refractivity contribution in [3.05, 3.63) is 24.3 Å². The van der Waals surface area contributed by atoms with E-state index in [9.17, 15) is 18.0 Å². The van der Waals surface area contributed by atoms with Crippen molar-refractivity contribution in [2.45, 2.75) is 17.7 Å². The molecule has 0 spiro atoms. The van der Waals surface area contributed by atoms with E-state index in [0.717, 1.165) is 6.26 Å². The van der Waals surface area contributed by atoms with Crippen LogP contribution in [-0.4, -0.2) is 62.9 Å². The lowest BCUT2D eigenvalue weighted by atomic mass is 9.99. The number of rotatable bonds is 6. The first kappa shape index (κ1) is 19.0. The fourth-order valence-corrected chi connectivity index (χ4v) is 3.22. The fraction of sp³-hybridized carbons (Fsp3) is 0.500. The van der Waals surface area contributed by atoms with Gasteiger partial charge >= 0.3 is 12.0 Å². The number of carbonyl (C=O) groups excluding carboxylic acids is 1. The van der Waals surface area contributed by atoms with Gasteiger partial charge in [-0.3, -0.25) is 4.79 Å². The van der Waals surface area contributed by atoms with Gasteiger partial charge in [0.05, 0.1) is 17.4 Å². The summed E-state index contributed by atoms with van der Waals surface area (Å²) >= 11 is 0. The van der Waals surface area contributed by atoms with Gasteiger partial charge in [0.25, 0.3) is 0 Å². The number of nitrogens with one attached hydrogen (secondary N) is 1. The van der Waals surface area contributed by atoms with Crippen molar-refractivity contribution in [1.29, 1.82) is 0 Å². The standard InChI is InChI=1S/C16H22N2O6S/c1-25(22,23)14-6-4-13(5-7-14)24-10-8-17-16(21)18-9-2-3-12(11-18)15(19)20/h4-7,12H,2-3,8-11H2,1H3,(H,17,21)(H,19,20). The number of likely N-dealkylation sites (tertiary alicyclic amines) is 1. The van der Waals surface area contributed by atoms with Crippen LogP contribution in [0.5, 0.6) is 5.75 Å². The molecule has 9 heteroatoms. The summed E-state index contributed by atoms with van der Waals surface area (Å²) in [6.45, 7) is 1.25. The third-order valence-electron chi connectivity index (χ3n) is 3.96. The summed E-state index contributed by atoms with van der Waals surface area (Å²) in [5.74, 6) is -0.881. The van der Waals surface area contributed by atoms with Gasteiger partial charge in [-0.2, -0.15) is 0 Å². The summed E-state index contributed by atoms with van der Waals surface area (Å²) in [5.41, 5.74) is 0. The van der Waals surface area contributed by atoms with Gasteiger partial charge in [0.2, 0.25) is 0 Å². The molecule has 0 aromatic heterocycles. The molecule has 0 saturated carbocycles. The maximum atomic E-state index is 12.0. The average molecular weight is 370 g/mol. The molecule has 1 unspecified atom stereocenters. The van der Waals surface area contributed by atoms with Crippen molar-refractivity contribution in [3.63, 3.8) is 0 Å². The van der Waals surface area contributed by atoms with Crippen LogP contribution in [0.2, 0.25) is 0 Å². The van der Waals surface area contributed by atoms with Gasteiger partial charge in [0, 0.05) is 19.3 Å². The molecule has 1 aliphatic heterocycles. The Bertz CT molecular complexity index is 717. The Balaban J connectivity index is 1.73. The van der Waals surface area contributed by atoms with Crippen LogP contribution in [0.4, 0.5) is 4.79 Å². The third kappa shape index (κ3) is 5.63. The number of sulfone groups is 1. The number of hydrogen-bond acceptors (Lipinski definition) is 5. The van der Waals surface area contributed by atoms with E-state index >= 15 is 0 Å². The van der Waals surface area contributed by atoms with E-state index in [1.807, 2.05) is 0 Å². The van der Waals surface area contributed by atoms with E-state index in [0.29, 0.717) is 25.1 Å². The molecular formula is C16H22N2O6S. The lowest BCUT2D eigenvalue weighted by Gasteiger charge is -2.30. The molecule has 138 valence electrons. The van der Waals surface area contributed by atoms with E-state index in [-0.39, 0.29) is 30.6 Å². The van der Waals surface area contributed by atoms with Gasteiger partial charge in [-0.1, -0.05) is 0 Å². The van der Waals surface area contributed by atoms with Crippen LogP contribution >= 0.6 is 0 Å². The molecule has 1 atom stereocenters. The predicted octanol–water partition coefficient (Wildman–Crippen LogP) is 0.975. The summed E-state index contributed by atoms with van der Waals surface area (Å²) in [6, 6.07) is 5.73. The van der Waals surface area contributed by atoms with Crippen LogP contribution in [-0.2, 0) is 14.6 Å². The second-order valence-corrected chi connectivity index (χ2v) is 7.96. The van der Waals surface area contributed by atoms with E-state index in [1.165, 1.54) is 17.0 Å². The van der Waals surface area contributed by atoms with Crippen LogP contribution in [0.1, 0.15) is 12.8 Å². The maximum Gasteiger partial charge on any atom is 0.317 e. The SMILES string of the molecule is CS(=O)(=O)c1ccc(OCCNC(=O)N2CCCC(C(=O)O)C2)cc1. The molecule has 1 heterocycles. The molecule has 0 bridgehead atoms. The topological polar surface area (TPSA) is 113 Å². The molecule has 1 aromatic carbocycles. The molecule has 0 aliphatic carbocycles. The van der Waals surface area contributed by atoms with Gasteiger partial charge in [-0.15, -0.1) is 0 Å². The summed E-state index contributed by atoms with van der Waals surface area (Å²) in [5, 5.41) is 11.7. The Morgan fingerprint density at radius 1 is 1.32 bits per heavy atom. The van der Waals surface area contributed by atoms with Crippen LogP contribution in [0, 0.1) is 5.92 Å². The van der Waals surface area contributed by atoms with Crippen molar-refractivity contribution >= 4 is 21.8 Å². The maximum absolute atomic E-state index is 12.0. The highest BCUT2D eigenvalue weighted by molar-refractivity contribution is 7.90. The number of aliphatic carboxylic acids is 1. The van der Waals surface area contributed by atoms with Gasteiger partial charge in [0.1, 0.15) is 12.4 Å². The van der Waals surface area contributed by atoms with E-state index in [4.69, 9.17) is 9.84 Å². The lowest BCUT2D eigenvalue weighted by molar-refractivity contribution is -0.143. The molecule has 2 rings (SSSR count). The molecule has 2 N–H and O–H groups in total. The zero-order valence-electron chi connectivity index (χ0n) is 14.0. The van der Waals surface area contributed by atoms with E-state index < -0.39 is 21.7 Å². The minimum Gasteiger partial charge on any atom is -0.492 e. The van der Waals surface area contributed by atoms with E-state index in [2.05, 4.69) is 5.32 Å². The predicted molar refractivity (Wildman–Crippen MR) is 90.4 cm³/mol. The molecule has 0 radical (unpaired) electrons. The van der Waals surface area contributed by atoms with Crippen LogP contribution < -0.4 is 10.1 Å². The smallest absolute Gasteiger partial charge is 0.317 e. The van der Waals surface area contributed by atoms with Crippen LogP contribution in [0.15, 0.2) is 29.2 Å². The Morgan fingerprint density at radius 3 is 2.60 bits per heavy atom. The van der Waals surface area contributed by atoms with Gasteiger partial charge in [-0.25, -0.2) is 13.2 Å². The van der Waals surface area contributed by atoms with Crippen molar-refractivity contribution < 1.29 is 27.9 Å². The number of carboxylic acids is 1.